The van der Waals surface area contributed by atoms with E-state index in [0.717, 1.165) is 11.1 Å². The summed E-state index contributed by atoms with van der Waals surface area (Å²) < 4.78 is 11.7. The molecule has 3 aromatic rings. The van der Waals surface area contributed by atoms with Gasteiger partial charge in [0, 0.05) is 16.1 Å². The average Bonchev–Trinajstić information content (AvgIpc) is 2.69. The van der Waals surface area contributed by atoms with Crippen LogP contribution >= 0.6 is 11.6 Å². The average molecular weight is 405 g/mol. The van der Waals surface area contributed by atoms with E-state index in [-0.39, 0.29) is 22.6 Å². The number of ketones is 2. The van der Waals surface area contributed by atoms with Gasteiger partial charge in [0.15, 0.2) is 0 Å². The largest absolute Gasteiger partial charge is 0.449 e. The van der Waals surface area contributed by atoms with Crippen LogP contribution in [0.4, 0.5) is 0 Å². The van der Waals surface area contributed by atoms with Gasteiger partial charge in [-0.1, -0.05) is 35.9 Å². The van der Waals surface area contributed by atoms with Crippen LogP contribution < -0.4 is 9.47 Å². The van der Waals surface area contributed by atoms with Gasteiger partial charge in [-0.25, -0.2) is 0 Å². The second-order valence-corrected chi connectivity index (χ2v) is 7.28. The first-order valence-electron chi connectivity index (χ1n) is 9.04. The van der Waals surface area contributed by atoms with Crippen LogP contribution in [-0.2, 0) is 0 Å². The molecular formula is C24H17ClO4. The fourth-order valence-electron chi connectivity index (χ4n) is 3.13. The minimum absolute atomic E-state index is 0.142. The Morgan fingerprint density at radius 1 is 0.655 bits per heavy atom. The van der Waals surface area contributed by atoms with E-state index in [1.807, 2.05) is 38.1 Å². The molecule has 0 unspecified atom stereocenters. The summed E-state index contributed by atoms with van der Waals surface area (Å²) in [4.78, 5) is 26.4. The number of allylic oxidation sites excluding steroid dienone is 2. The highest BCUT2D eigenvalue weighted by Crippen LogP contribution is 2.32. The smallest absolute Gasteiger partial charge is 0.233 e. The van der Waals surface area contributed by atoms with Crippen molar-refractivity contribution in [3.05, 3.63) is 106 Å². The van der Waals surface area contributed by atoms with E-state index < -0.39 is 11.6 Å². The first kappa shape index (κ1) is 19.0. The Morgan fingerprint density at radius 3 is 1.69 bits per heavy atom. The van der Waals surface area contributed by atoms with Crippen molar-refractivity contribution in [2.24, 2.45) is 0 Å². The van der Waals surface area contributed by atoms with Gasteiger partial charge in [0.25, 0.3) is 0 Å². The molecule has 0 fully saturated rings. The molecule has 1 aliphatic carbocycles. The van der Waals surface area contributed by atoms with Gasteiger partial charge in [-0.05, 0) is 67.4 Å². The van der Waals surface area contributed by atoms with Gasteiger partial charge in [0.2, 0.25) is 23.1 Å². The molecule has 5 heteroatoms. The highest BCUT2D eigenvalue weighted by atomic mass is 35.5. The van der Waals surface area contributed by atoms with Crippen LogP contribution in [-0.4, -0.2) is 11.6 Å². The van der Waals surface area contributed by atoms with Gasteiger partial charge in [-0.2, -0.15) is 0 Å². The number of hydrogen-bond donors (Lipinski definition) is 0. The molecular weight excluding hydrogens is 388 g/mol. The predicted octanol–water partition coefficient (Wildman–Crippen LogP) is 5.71. The minimum atomic E-state index is -0.453. The number of benzene rings is 3. The summed E-state index contributed by atoms with van der Waals surface area (Å²) in [7, 11) is 0. The zero-order valence-corrected chi connectivity index (χ0v) is 16.6. The molecule has 0 amide bonds. The van der Waals surface area contributed by atoms with Crippen molar-refractivity contribution in [1.82, 2.24) is 0 Å². The molecule has 0 aliphatic heterocycles. The number of carbonyl (C=O) groups is 2. The fourth-order valence-corrected chi connectivity index (χ4v) is 3.30. The number of aryl methyl sites for hydroxylation is 2. The van der Waals surface area contributed by atoms with E-state index in [2.05, 4.69) is 0 Å². The van der Waals surface area contributed by atoms with Crippen LogP contribution in [0.3, 0.4) is 0 Å². The SMILES string of the molecule is Cc1cccc(OC2=C(Oc3cccc(C)c3)C(=O)c3cc(Cl)ccc3C2=O)c1. The second kappa shape index (κ2) is 7.57. The number of halogens is 1. The van der Waals surface area contributed by atoms with Crippen molar-refractivity contribution in [1.29, 1.82) is 0 Å². The normalized spacial score (nSPS) is 13.3. The maximum absolute atomic E-state index is 13.2. The summed E-state index contributed by atoms with van der Waals surface area (Å²) in [5, 5.41) is 0.364. The lowest BCUT2D eigenvalue weighted by atomic mass is 9.92. The van der Waals surface area contributed by atoms with Crippen molar-refractivity contribution >= 4 is 23.2 Å². The molecule has 4 nitrogen and oxygen atoms in total. The third-order valence-electron chi connectivity index (χ3n) is 4.51. The molecule has 4 rings (SSSR count). The molecule has 0 saturated carbocycles. The number of ether oxygens (including phenoxy) is 2. The Hall–Kier alpha value is -3.37. The molecule has 0 atom stereocenters. The quantitative estimate of drug-likeness (QED) is 0.559. The summed E-state index contributed by atoms with van der Waals surface area (Å²) >= 11 is 6.05. The van der Waals surface area contributed by atoms with Crippen LogP contribution in [0.1, 0.15) is 31.8 Å². The van der Waals surface area contributed by atoms with E-state index in [0.29, 0.717) is 16.5 Å². The Bertz CT molecular complexity index is 1180. The molecule has 3 aromatic carbocycles. The van der Waals surface area contributed by atoms with Gasteiger partial charge < -0.3 is 9.47 Å². The van der Waals surface area contributed by atoms with Crippen LogP contribution in [0.2, 0.25) is 5.02 Å². The highest BCUT2D eigenvalue weighted by molar-refractivity contribution is 6.32. The van der Waals surface area contributed by atoms with Gasteiger partial charge in [-0.3, -0.25) is 9.59 Å². The monoisotopic (exact) mass is 404 g/mol. The van der Waals surface area contributed by atoms with Crippen LogP contribution in [0, 0.1) is 13.8 Å². The van der Waals surface area contributed by atoms with Gasteiger partial charge >= 0.3 is 0 Å². The third kappa shape index (κ3) is 3.80. The van der Waals surface area contributed by atoms with Crippen molar-refractivity contribution in [3.8, 4) is 11.5 Å². The number of carbonyl (C=O) groups excluding carboxylic acids is 2. The Morgan fingerprint density at radius 2 is 1.17 bits per heavy atom. The Labute approximate surface area is 173 Å². The van der Waals surface area contributed by atoms with Gasteiger partial charge in [-0.15, -0.1) is 0 Å². The molecule has 0 aromatic heterocycles. The van der Waals surface area contributed by atoms with Crippen molar-refractivity contribution < 1.29 is 19.1 Å². The predicted molar refractivity (Wildman–Crippen MR) is 111 cm³/mol. The standard InChI is InChI=1S/C24H17ClO4/c1-14-5-3-7-17(11-14)28-23-21(26)19-10-9-16(25)13-20(19)22(27)24(23)29-18-8-4-6-15(2)12-18/h3-13H,1-2H3. The van der Waals surface area contributed by atoms with Crippen molar-refractivity contribution in [2.75, 3.05) is 0 Å². The molecule has 0 bridgehead atoms. The molecule has 144 valence electrons. The molecule has 29 heavy (non-hydrogen) atoms. The van der Waals surface area contributed by atoms with Gasteiger partial charge in [0.05, 0.1) is 0 Å². The van der Waals surface area contributed by atoms with Crippen LogP contribution in [0.25, 0.3) is 0 Å². The lowest BCUT2D eigenvalue weighted by Gasteiger charge is -2.21. The summed E-state index contributed by atoms with van der Waals surface area (Å²) in [5.74, 6) is -0.290. The minimum Gasteiger partial charge on any atom is -0.449 e. The van der Waals surface area contributed by atoms with Gasteiger partial charge in [0.1, 0.15) is 11.5 Å². The van der Waals surface area contributed by atoms with Crippen LogP contribution in [0.5, 0.6) is 11.5 Å². The fraction of sp³-hybridized carbons (Fsp3) is 0.0833. The second-order valence-electron chi connectivity index (χ2n) is 6.84. The highest BCUT2D eigenvalue weighted by Gasteiger charge is 2.36. The van der Waals surface area contributed by atoms with Crippen molar-refractivity contribution in [2.45, 2.75) is 13.8 Å². The molecule has 0 radical (unpaired) electrons. The Kier molecular flexibility index (Phi) is 4.95. The topological polar surface area (TPSA) is 52.6 Å². The number of hydrogen-bond acceptors (Lipinski definition) is 4. The summed E-state index contributed by atoms with van der Waals surface area (Å²) in [5.41, 5.74) is 2.36. The Balaban J connectivity index is 1.84. The first-order chi connectivity index (χ1) is 13.9. The number of rotatable bonds is 4. The van der Waals surface area contributed by atoms with E-state index in [1.165, 1.54) is 12.1 Å². The van der Waals surface area contributed by atoms with E-state index in [1.54, 1.807) is 30.3 Å². The summed E-state index contributed by atoms with van der Waals surface area (Å²) in [6.45, 7) is 3.82. The summed E-state index contributed by atoms with van der Waals surface area (Å²) in [6, 6.07) is 19.0. The molecule has 0 spiro atoms. The zero-order chi connectivity index (χ0) is 20.5. The maximum atomic E-state index is 13.2. The molecule has 0 N–H and O–H groups in total. The summed E-state index contributed by atoms with van der Waals surface area (Å²) in [6.07, 6.45) is 0. The zero-order valence-electron chi connectivity index (χ0n) is 15.9. The number of fused-ring (bicyclic) bond motifs is 1. The van der Waals surface area contributed by atoms with E-state index >= 15 is 0 Å². The first-order valence-corrected chi connectivity index (χ1v) is 9.42. The van der Waals surface area contributed by atoms with E-state index in [4.69, 9.17) is 21.1 Å². The lowest BCUT2D eigenvalue weighted by molar-refractivity contribution is 0.0897. The third-order valence-corrected chi connectivity index (χ3v) is 4.74. The maximum Gasteiger partial charge on any atom is 0.233 e. The molecule has 1 aliphatic rings. The molecule has 0 heterocycles. The van der Waals surface area contributed by atoms with Crippen molar-refractivity contribution in [3.63, 3.8) is 0 Å². The number of Topliss-reactive ketones (excluding diaryl/α,β-unsaturated/α-hetero) is 2. The lowest BCUT2D eigenvalue weighted by Crippen LogP contribution is -2.27. The van der Waals surface area contributed by atoms with Crippen LogP contribution in [0.15, 0.2) is 78.2 Å². The molecule has 0 saturated heterocycles. The van der Waals surface area contributed by atoms with E-state index in [9.17, 15) is 9.59 Å².